The maximum absolute atomic E-state index is 6.46. The van der Waals surface area contributed by atoms with E-state index in [2.05, 4.69) is 6.92 Å². The van der Waals surface area contributed by atoms with Crippen molar-refractivity contribution in [3.05, 3.63) is 0 Å². The van der Waals surface area contributed by atoms with Crippen molar-refractivity contribution in [2.75, 3.05) is 7.11 Å². The molecule has 0 aromatic heterocycles. The second-order valence-electron chi connectivity index (χ2n) is 6.31. The van der Waals surface area contributed by atoms with Crippen LogP contribution in [0.2, 0.25) is 0 Å². The fraction of sp³-hybridized carbons (Fsp3) is 1.00. The first-order chi connectivity index (χ1) is 8.19. The third-order valence-electron chi connectivity index (χ3n) is 5.31. The molecule has 100 valence electrons. The highest BCUT2D eigenvalue weighted by molar-refractivity contribution is 4.94. The summed E-state index contributed by atoms with van der Waals surface area (Å²) in [5.41, 5.74) is 6.61. The number of hydrogen-bond acceptors (Lipinski definition) is 2. The molecule has 2 rings (SSSR count). The molecule has 2 aliphatic rings. The molecule has 2 heteroatoms. The maximum Gasteiger partial charge on any atom is 0.0693 e. The Labute approximate surface area is 106 Å². The van der Waals surface area contributed by atoms with Crippen molar-refractivity contribution in [1.29, 1.82) is 0 Å². The van der Waals surface area contributed by atoms with Gasteiger partial charge in [-0.1, -0.05) is 26.2 Å². The standard InChI is InChI=1S/C15H29NO/c1-3-12-6-4-7-13(10-12)14(16)11-15(17-2)8-5-9-15/h12-14H,3-11,16H2,1-2H3. The lowest BCUT2D eigenvalue weighted by atomic mass is 9.70. The van der Waals surface area contributed by atoms with Gasteiger partial charge in [-0.15, -0.1) is 0 Å². The van der Waals surface area contributed by atoms with Crippen LogP contribution in [0, 0.1) is 11.8 Å². The topological polar surface area (TPSA) is 35.2 Å². The first-order valence-corrected chi connectivity index (χ1v) is 7.50. The molecule has 0 saturated heterocycles. The smallest absolute Gasteiger partial charge is 0.0693 e. The second-order valence-corrected chi connectivity index (χ2v) is 6.31. The normalized spacial score (nSPS) is 34.1. The fourth-order valence-electron chi connectivity index (χ4n) is 3.75. The van der Waals surface area contributed by atoms with E-state index in [0.717, 1.165) is 18.3 Å². The third kappa shape index (κ3) is 3.03. The second kappa shape index (κ2) is 5.71. The minimum atomic E-state index is 0.151. The molecule has 2 N–H and O–H groups in total. The molecule has 0 radical (unpaired) electrons. The molecule has 0 heterocycles. The molecule has 0 aromatic carbocycles. The van der Waals surface area contributed by atoms with Gasteiger partial charge < -0.3 is 10.5 Å². The maximum atomic E-state index is 6.46. The van der Waals surface area contributed by atoms with Crippen molar-refractivity contribution in [2.24, 2.45) is 17.6 Å². The van der Waals surface area contributed by atoms with E-state index in [0.29, 0.717) is 6.04 Å². The first kappa shape index (κ1) is 13.4. The van der Waals surface area contributed by atoms with Crippen molar-refractivity contribution >= 4 is 0 Å². The van der Waals surface area contributed by atoms with E-state index < -0.39 is 0 Å². The monoisotopic (exact) mass is 239 g/mol. The van der Waals surface area contributed by atoms with Gasteiger partial charge in [-0.2, -0.15) is 0 Å². The van der Waals surface area contributed by atoms with Crippen molar-refractivity contribution in [3.8, 4) is 0 Å². The van der Waals surface area contributed by atoms with E-state index in [-0.39, 0.29) is 5.60 Å². The van der Waals surface area contributed by atoms with Gasteiger partial charge in [0.25, 0.3) is 0 Å². The van der Waals surface area contributed by atoms with E-state index in [1.807, 2.05) is 7.11 Å². The van der Waals surface area contributed by atoms with E-state index in [4.69, 9.17) is 10.5 Å². The summed E-state index contributed by atoms with van der Waals surface area (Å²) in [4.78, 5) is 0. The summed E-state index contributed by atoms with van der Waals surface area (Å²) in [6.45, 7) is 2.32. The summed E-state index contributed by atoms with van der Waals surface area (Å²) in [5, 5.41) is 0. The first-order valence-electron chi connectivity index (χ1n) is 7.50. The molecular formula is C15H29NO. The molecule has 3 atom stereocenters. The van der Waals surface area contributed by atoms with Gasteiger partial charge in [0, 0.05) is 13.2 Å². The van der Waals surface area contributed by atoms with Crippen molar-refractivity contribution in [2.45, 2.75) is 76.4 Å². The Morgan fingerprint density at radius 2 is 2.06 bits per heavy atom. The number of hydrogen-bond donors (Lipinski definition) is 1. The van der Waals surface area contributed by atoms with Gasteiger partial charge in [-0.25, -0.2) is 0 Å². The SMILES string of the molecule is CCC1CCCC(C(N)CC2(OC)CCC2)C1. The average molecular weight is 239 g/mol. The third-order valence-corrected chi connectivity index (χ3v) is 5.31. The van der Waals surface area contributed by atoms with E-state index in [1.54, 1.807) is 0 Å². The Balaban J connectivity index is 1.84. The molecule has 0 aliphatic heterocycles. The van der Waals surface area contributed by atoms with Gasteiger partial charge >= 0.3 is 0 Å². The van der Waals surface area contributed by atoms with Crippen LogP contribution in [0.3, 0.4) is 0 Å². The van der Waals surface area contributed by atoms with E-state index >= 15 is 0 Å². The number of methoxy groups -OCH3 is 1. The van der Waals surface area contributed by atoms with E-state index in [9.17, 15) is 0 Å². The lowest BCUT2D eigenvalue weighted by Gasteiger charge is -2.44. The van der Waals surface area contributed by atoms with Gasteiger partial charge in [0.2, 0.25) is 0 Å². The average Bonchev–Trinajstić information content (AvgIpc) is 2.33. The highest BCUT2D eigenvalue weighted by atomic mass is 16.5. The molecule has 3 unspecified atom stereocenters. The summed E-state index contributed by atoms with van der Waals surface area (Å²) in [6.07, 6.45) is 11.7. The number of ether oxygens (including phenoxy) is 1. The zero-order valence-corrected chi connectivity index (χ0v) is 11.6. The molecule has 2 fully saturated rings. The predicted molar refractivity (Wildman–Crippen MR) is 71.9 cm³/mol. The van der Waals surface area contributed by atoms with Gasteiger partial charge in [-0.05, 0) is 50.4 Å². The zero-order valence-electron chi connectivity index (χ0n) is 11.6. The van der Waals surface area contributed by atoms with Crippen LogP contribution < -0.4 is 5.73 Å². The number of rotatable bonds is 5. The Bertz CT molecular complexity index is 232. The van der Waals surface area contributed by atoms with Crippen LogP contribution in [-0.4, -0.2) is 18.8 Å². The summed E-state index contributed by atoms with van der Waals surface area (Å²) in [5.74, 6) is 1.68. The highest BCUT2D eigenvalue weighted by Gasteiger charge is 2.40. The molecule has 2 aliphatic carbocycles. The summed E-state index contributed by atoms with van der Waals surface area (Å²) in [7, 11) is 1.86. The van der Waals surface area contributed by atoms with E-state index in [1.165, 1.54) is 51.4 Å². The van der Waals surface area contributed by atoms with Crippen LogP contribution in [0.25, 0.3) is 0 Å². The summed E-state index contributed by atoms with van der Waals surface area (Å²) < 4.78 is 5.71. The Hall–Kier alpha value is -0.0800. The minimum absolute atomic E-state index is 0.151. The summed E-state index contributed by atoms with van der Waals surface area (Å²) >= 11 is 0. The zero-order chi connectivity index (χ0) is 12.3. The largest absolute Gasteiger partial charge is 0.378 e. The quantitative estimate of drug-likeness (QED) is 0.797. The Kier molecular flexibility index (Phi) is 4.48. The molecule has 2 saturated carbocycles. The highest BCUT2D eigenvalue weighted by Crippen LogP contribution is 2.41. The lowest BCUT2D eigenvalue weighted by molar-refractivity contribution is -0.0857. The van der Waals surface area contributed by atoms with Crippen LogP contribution in [0.1, 0.15) is 64.7 Å². The Morgan fingerprint density at radius 1 is 1.29 bits per heavy atom. The van der Waals surface area contributed by atoms with Crippen LogP contribution in [-0.2, 0) is 4.74 Å². The molecule has 17 heavy (non-hydrogen) atoms. The van der Waals surface area contributed by atoms with Crippen molar-refractivity contribution in [3.63, 3.8) is 0 Å². The molecule has 0 amide bonds. The fourth-order valence-corrected chi connectivity index (χ4v) is 3.75. The Morgan fingerprint density at radius 3 is 2.59 bits per heavy atom. The summed E-state index contributed by atoms with van der Waals surface area (Å²) in [6, 6.07) is 0.365. The predicted octanol–water partition coefficient (Wildman–Crippen LogP) is 3.49. The van der Waals surface area contributed by atoms with Gasteiger partial charge in [0.15, 0.2) is 0 Å². The molecule has 0 aromatic rings. The molecular weight excluding hydrogens is 210 g/mol. The van der Waals surface area contributed by atoms with Crippen molar-refractivity contribution in [1.82, 2.24) is 0 Å². The minimum Gasteiger partial charge on any atom is -0.378 e. The van der Waals surface area contributed by atoms with Crippen LogP contribution >= 0.6 is 0 Å². The number of nitrogens with two attached hydrogens (primary N) is 1. The van der Waals surface area contributed by atoms with Gasteiger partial charge in [0.1, 0.15) is 0 Å². The van der Waals surface area contributed by atoms with Gasteiger partial charge in [0.05, 0.1) is 5.60 Å². The van der Waals surface area contributed by atoms with Crippen LogP contribution in [0.4, 0.5) is 0 Å². The molecule has 2 nitrogen and oxygen atoms in total. The van der Waals surface area contributed by atoms with Crippen LogP contribution in [0.5, 0.6) is 0 Å². The van der Waals surface area contributed by atoms with Crippen LogP contribution in [0.15, 0.2) is 0 Å². The van der Waals surface area contributed by atoms with Gasteiger partial charge in [-0.3, -0.25) is 0 Å². The molecule has 0 bridgehead atoms. The van der Waals surface area contributed by atoms with Crippen molar-refractivity contribution < 1.29 is 4.74 Å². The lowest BCUT2D eigenvalue weighted by Crippen LogP contribution is -2.47. The molecule has 0 spiro atoms.